The van der Waals surface area contributed by atoms with Crippen LogP contribution >= 0.6 is 11.8 Å². The lowest BCUT2D eigenvalue weighted by atomic mass is 9.82. The first-order valence-corrected chi connectivity index (χ1v) is 9.30. The average molecular weight is 356 g/mol. The van der Waals surface area contributed by atoms with Gasteiger partial charge in [-0.15, -0.1) is 5.10 Å². The molecule has 2 heterocycles. The number of benzene rings is 1. The van der Waals surface area contributed by atoms with Gasteiger partial charge in [-0.25, -0.2) is 9.37 Å². The van der Waals surface area contributed by atoms with Crippen LogP contribution in [0.4, 0.5) is 4.39 Å². The summed E-state index contributed by atoms with van der Waals surface area (Å²) in [5.41, 5.74) is 2.42. The summed E-state index contributed by atoms with van der Waals surface area (Å²) < 4.78 is 14.9. The standard InChI is InChI=1S/C18H17FN4OS/c1-2-7-25-18-21-17-20-10-14-15(23(17)22-18)8-12(9-16(14)24)11-3-5-13(19)6-4-11/h3-6,10,12H,2,7-9H2,1H3. The largest absolute Gasteiger partial charge is 0.294 e. The van der Waals surface area contributed by atoms with Crippen molar-refractivity contribution >= 4 is 23.3 Å². The van der Waals surface area contributed by atoms with E-state index in [1.807, 2.05) is 0 Å². The quantitative estimate of drug-likeness (QED) is 0.668. The highest BCUT2D eigenvalue weighted by molar-refractivity contribution is 7.99. The Kier molecular flexibility index (Phi) is 4.25. The highest BCUT2D eigenvalue weighted by atomic mass is 32.2. The third kappa shape index (κ3) is 3.04. The van der Waals surface area contributed by atoms with E-state index >= 15 is 0 Å². The van der Waals surface area contributed by atoms with Crippen molar-refractivity contribution in [2.45, 2.75) is 37.3 Å². The van der Waals surface area contributed by atoms with Crippen molar-refractivity contribution in [1.29, 1.82) is 0 Å². The SMILES string of the molecule is CCCSc1nc2ncc3c(n2n1)CC(c1ccc(F)cc1)CC3=O. The summed E-state index contributed by atoms with van der Waals surface area (Å²) in [7, 11) is 0. The molecule has 2 aromatic heterocycles. The summed E-state index contributed by atoms with van der Waals surface area (Å²) in [6.07, 6.45) is 3.71. The number of thioether (sulfide) groups is 1. The Morgan fingerprint density at radius 3 is 2.84 bits per heavy atom. The van der Waals surface area contributed by atoms with Crippen LogP contribution < -0.4 is 0 Å². The molecule has 1 unspecified atom stereocenters. The van der Waals surface area contributed by atoms with Gasteiger partial charge in [-0.3, -0.25) is 4.79 Å². The molecular weight excluding hydrogens is 339 g/mol. The van der Waals surface area contributed by atoms with Crippen molar-refractivity contribution in [3.63, 3.8) is 0 Å². The van der Waals surface area contributed by atoms with Gasteiger partial charge in [0, 0.05) is 18.4 Å². The zero-order valence-corrected chi connectivity index (χ0v) is 14.6. The maximum Gasteiger partial charge on any atom is 0.253 e. The monoisotopic (exact) mass is 356 g/mol. The number of rotatable bonds is 4. The molecule has 128 valence electrons. The van der Waals surface area contributed by atoms with Crippen molar-refractivity contribution in [2.24, 2.45) is 0 Å². The minimum atomic E-state index is -0.272. The van der Waals surface area contributed by atoms with E-state index in [1.165, 1.54) is 12.1 Å². The Morgan fingerprint density at radius 2 is 2.08 bits per heavy atom. The van der Waals surface area contributed by atoms with E-state index in [0.717, 1.165) is 23.4 Å². The van der Waals surface area contributed by atoms with Crippen LogP contribution in [0.15, 0.2) is 35.6 Å². The van der Waals surface area contributed by atoms with Crippen molar-refractivity contribution < 1.29 is 9.18 Å². The first kappa shape index (κ1) is 16.2. The van der Waals surface area contributed by atoms with Crippen molar-refractivity contribution in [1.82, 2.24) is 19.6 Å². The minimum absolute atomic E-state index is 0.0159. The van der Waals surface area contributed by atoms with Crippen LogP contribution in [0.3, 0.4) is 0 Å². The number of hydrogen-bond donors (Lipinski definition) is 0. The molecule has 0 saturated carbocycles. The van der Waals surface area contributed by atoms with E-state index in [9.17, 15) is 9.18 Å². The summed E-state index contributed by atoms with van der Waals surface area (Å²) >= 11 is 1.59. The van der Waals surface area contributed by atoms with Gasteiger partial charge in [0.25, 0.3) is 5.78 Å². The summed E-state index contributed by atoms with van der Waals surface area (Å²) in [5, 5.41) is 5.21. The van der Waals surface area contributed by atoms with Crippen LogP contribution in [0.25, 0.3) is 5.78 Å². The molecule has 1 aliphatic rings. The molecule has 0 spiro atoms. The van der Waals surface area contributed by atoms with E-state index < -0.39 is 0 Å². The molecule has 0 bridgehead atoms. The third-order valence-electron chi connectivity index (χ3n) is 4.39. The zero-order valence-electron chi connectivity index (χ0n) is 13.8. The number of aromatic nitrogens is 4. The number of hydrogen-bond acceptors (Lipinski definition) is 5. The molecule has 7 heteroatoms. The Labute approximate surface area is 148 Å². The molecule has 1 aromatic carbocycles. The molecular formula is C18H17FN4OS. The number of halogens is 1. The predicted molar refractivity (Wildman–Crippen MR) is 93.6 cm³/mol. The van der Waals surface area contributed by atoms with Gasteiger partial charge in [0.1, 0.15) is 5.82 Å². The first-order chi connectivity index (χ1) is 12.2. The maximum atomic E-state index is 13.2. The summed E-state index contributed by atoms with van der Waals surface area (Å²) in [6.45, 7) is 2.11. The van der Waals surface area contributed by atoms with Crippen LogP contribution in [-0.4, -0.2) is 31.1 Å². The number of nitrogens with zero attached hydrogens (tertiary/aromatic N) is 4. The summed E-state index contributed by atoms with van der Waals surface area (Å²) in [6, 6.07) is 6.37. The summed E-state index contributed by atoms with van der Waals surface area (Å²) in [5.74, 6) is 1.25. The second kappa shape index (κ2) is 6.55. The predicted octanol–water partition coefficient (Wildman–Crippen LogP) is 3.68. The number of ketones is 1. The van der Waals surface area contributed by atoms with E-state index in [-0.39, 0.29) is 17.5 Å². The third-order valence-corrected chi connectivity index (χ3v) is 5.44. The zero-order chi connectivity index (χ0) is 17.4. The van der Waals surface area contributed by atoms with Gasteiger partial charge in [-0.2, -0.15) is 9.50 Å². The Balaban J connectivity index is 1.73. The van der Waals surface area contributed by atoms with Gasteiger partial charge in [0.05, 0.1) is 11.3 Å². The Morgan fingerprint density at radius 1 is 1.28 bits per heavy atom. The molecule has 0 saturated heterocycles. The normalized spacial score (nSPS) is 17.0. The van der Waals surface area contributed by atoms with Gasteiger partial charge in [0.15, 0.2) is 5.78 Å². The fourth-order valence-electron chi connectivity index (χ4n) is 3.15. The fourth-order valence-corrected chi connectivity index (χ4v) is 3.83. The van der Waals surface area contributed by atoms with Gasteiger partial charge in [-0.1, -0.05) is 30.8 Å². The molecule has 1 atom stereocenters. The topological polar surface area (TPSA) is 60.1 Å². The van der Waals surface area contributed by atoms with Crippen LogP contribution in [0.2, 0.25) is 0 Å². The van der Waals surface area contributed by atoms with Crippen molar-refractivity contribution in [3.8, 4) is 0 Å². The molecule has 0 aliphatic heterocycles. The lowest BCUT2D eigenvalue weighted by Gasteiger charge is -2.23. The van der Waals surface area contributed by atoms with Crippen molar-refractivity contribution in [3.05, 3.63) is 53.1 Å². The molecule has 3 aromatic rings. The van der Waals surface area contributed by atoms with Crippen LogP contribution in [0, 0.1) is 5.82 Å². The number of carbonyl (C=O) groups is 1. The second-order valence-corrected chi connectivity index (χ2v) is 7.22. The molecule has 25 heavy (non-hydrogen) atoms. The molecule has 1 aliphatic carbocycles. The maximum absolute atomic E-state index is 13.2. The summed E-state index contributed by atoms with van der Waals surface area (Å²) in [4.78, 5) is 21.3. The lowest BCUT2D eigenvalue weighted by molar-refractivity contribution is 0.0962. The van der Waals surface area contributed by atoms with Crippen LogP contribution in [-0.2, 0) is 6.42 Å². The molecule has 4 rings (SSSR count). The van der Waals surface area contributed by atoms with E-state index in [1.54, 1.807) is 34.6 Å². The highest BCUT2D eigenvalue weighted by Gasteiger charge is 2.29. The second-order valence-electron chi connectivity index (χ2n) is 6.15. The molecule has 5 nitrogen and oxygen atoms in total. The van der Waals surface area contributed by atoms with Gasteiger partial charge in [-0.05, 0) is 36.5 Å². The van der Waals surface area contributed by atoms with E-state index in [0.29, 0.717) is 29.3 Å². The van der Waals surface area contributed by atoms with Crippen LogP contribution in [0.1, 0.15) is 47.3 Å². The first-order valence-electron chi connectivity index (χ1n) is 8.32. The van der Waals surface area contributed by atoms with Gasteiger partial charge in [0.2, 0.25) is 5.16 Å². The lowest BCUT2D eigenvalue weighted by Crippen LogP contribution is -2.22. The number of Topliss-reactive ketones (excluding diaryl/α,β-unsaturated/α-hetero) is 1. The number of fused-ring (bicyclic) bond motifs is 3. The average Bonchev–Trinajstić information content (AvgIpc) is 3.04. The smallest absolute Gasteiger partial charge is 0.253 e. The van der Waals surface area contributed by atoms with Crippen molar-refractivity contribution in [2.75, 3.05) is 5.75 Å². The minimum Gasteiger partial charge on any atom is -0.294 e. The highest BCUT2D eigenvalue weighted by Crippen LogP contribution is 2.32. The Hall–Kier alpha value is -2.28. The molecule has 0 radical (unpaired) electrons. The molecule has 0 N–H and O–H groups in total. The molecule has 0 fully saturated rings. The van der Waals surface area contributed by atoms with Gasteiger partial charge >= 0.3 is 0 Å². The van der Waals surface area contributed by atoms with E-state index in [4.69, 9.17) is 0 Å². The Bertz CT molecular complexity index is 938. The fraction of sp³-hybridized carbons (Fsp3) is 0.333. The molecule has 0 amide bonds. The van der Waals surface area contributed by atoms with E-state index in [2.05, 4.69) is 22.0 Å². The number of carbonyl (C=O) groups excluding carboxylic acids is 1. The van der Waals surface area contributed by atoms with Crippen LogP contribution in [0.5, 0.6) is 0 Å². The van der Waals surface area contributed by atoms with Gasteiger partial charge < -0.3 is 0 Å².